The number of rotatable bonds is 7. The molecule has 0 atom stereocenters. The van der Waals surface area contributed by atoms with E-state index in [0.29, 0.717) is 0 Å². The summed E-state index contributed by atoms with van der Waals surface area (Å²) in [5.41, 5.74) is 0. The molecule has 0 aliphatic heterocycles. The van der Waals surface area contributed by atoms with E-state index in [1.165, 1.54) is 35.2 Å². The molecule has 0 radical (unpaired) electrons. The Labute approximate surface area is 143 Å². The first-order chi connectivity index (χ1) is 10.6. The number of amides is 2. The number of hydrogen-bond donors (Lipinski definition) is 1. The minimum absolute atomic E-state index is 0.0314. The summed E-state index contributed by atoms with van der Waals surface area (Å²) in [6.45, 7) is 4.19. The summed E-state index contributed by atoms with van der Waals surface area (Å²) in [6.07, 6.45) is 7.66. The normalized spacial score (nSPS) is 15.4. The molecule has 2 amide bonds. The molecule has 1 N–H and O–H groups in total. The van der Waals surface area contributed by atoms with E-state index in [0.717, 1.165) is 50.0 Å². The number of hydrogen-bond acceptors (Lipinski definition) is 5. The Morgan fingerprint density at radius 2 is 1.68 bits per heavy atom. The van der Waals surface area contributed by atoms with Gasteiger partial charge < -0.3 is 4.74 Å². The number of carbonyl (C=O) groups is 1. The van der Waals surface area contributed by atoms with Crippen LogP contribution in [0.4, 0.5) is 4.79 Å². The van der Waals surface area contributed by atoms with Crippen LogP contribution < -0.4 is 0 Å². The van der Waals surface area contributed by atoms with Crippen molar-refractivity contribution in [3.8, 4) is 0 Å². The van der Waals surface area contributed by atoms with Crippen molar-refractivity contribution >= 4 is 35.9 Å². The lowest BCUT2D eigenvalue weighted by Crippen LogP contribution is -2.41. The first-order valence-electron chi connectivity index (χ1n) is 8.19. The SMILES string of the molecule is CCCSN(SCCC)C(=O)N(C)C(=N)OC1CCCCC1. The molecular formula is C15H29N3O2S2. The molecule has 1 aliphatic carbocycles. The number of ether oxygens (including phenoxy) is 1. The second kappa shape index (κ2) is 11.0. The Bertz CT molecular complexity index is 342. The van der Waals surface area contributed by atoms with E-state index in [9.17, 15) is 4.79 Å². The zero-order valence-electron chi connectivity index (χ0n) is 14.0. The van der Waals surface area contributed by atoms with E-state index in [1.807, 2.05) is 0 Å². The molecule has 0 bridgehead atoms. The molecule has 1 aliphatic rings. The molecular weight excluding hydrogens is 318 g/mol. The largest absolute Gasteiger partial charge is 0.462 e. The van der Waals surface area contributed by atoms with Crippen LogP contribution >= 0.6 is 23.9 Å². The van der Waals surface area contributed by atoms with E-state index < -0.39 is 0 Å². The van der Waals surface area contributed by atoms with Crippen LogP contribution in [0.5, 0.6) is 0 Å². The van der Waals surface area contributed by atoms with Crippen LogP contribution in [0.15, 0.2) is 0 Å². The lowest BCUT2D eigenvalue weighted by atomic mass is 9.98. The molecule has 0 saturated heterocycles. The number of amidine groups is 1. The first kappa shape index (κ1) is 19.5. The molecule has 22 heavy (non-hydrogen) atoms. The Hall–Kier alpha value is -0.560. The zero-order valence-corrected chi connectivity index (χ0v) is 15.6. The third-order valence-corrected chi connectivity index (χ3v) is 6.00. The van der Waals surface area contributed by atoms with Gasteiger partial charge in [0, 0.05) is 18.6 Å². The number of nitrogens with zero attached hydrogens (tertiary/aromatic N) is 2. The van der Waals surface area contributed by atoms with Gasteiger partial charge in [-0.25, -0.2) is 13.4 Å². The zero-order chi connectivity index (χ0) is 16.4. The molecule has 1 saturated carbocycles. The number of carbonyl (C=O) groups excluding carboxylic acids is 1. The Morgan fingerprint density at radius 3 is 2.18 bits per heavy atom. The third kappa shape index (κ3) is 6.69. The van der Waals surface area contributed by atoms with Crippen LogP contribution in [-0.4, -0.2) is 45.3 Å². The summed E-state index contributed by atoms with van der Waals surface area (Å²) in [4.78, 5) is 13.8. The molecule has 0 aromatic rings. The molecule has 1 fully saturated rings. The fraction of sp³-hybridized carbons (Fsp3) is 0.867. The fourth-order valence-electron chi connectivity index (χ4n) is 2.13. The predicted octanol–water partition coefficient (Wildman–Crippen LogP) is 4.74. The second-order valence-electron chi connectivity index (χ2n) is 5.45. The highest BCUT2D eigenvalue weighted by Gasteiger charge is 2.25. The lowest BCUT2D eigenvalue weighted by molar-refractivity contribution is 0.118. The lowest BCUT2D eigenvalue weighted by Gasteiger charge is -2.29. The topological polar surface area (TPSA) is 56.6 Å². The summed E-state index contributed by atoms with van der Waals surface area (Å²) >= 11 is 3.03. The van der Waals surface area contributed by atoms with Gasteiger partial charge in [-0.15, -0.1) is 0 Å². The summed E-state index contributed by atoms with van der Waals surface area (Å²) in [5.74, 6) is 1.79. The van der Waals surface area contributed by atoms with Gasteiger partial charge in [-0.2, -0.15) is 0 Å². The van der Waals surface area contributed by atoms with Crippen LogP contribution in [0.2, 0.25) is 0 Å². The van der Waals surface area contributed by atoms with Crippen molar-refractivity contribution in [2.45, 2.75) is 64.9 Å². The average molecular weight is 348 g/mol. The highest BCUT2D eigenvalue weighted by atomic mass is 32.2. The Morgan fingerprint density at radius 1 is 1.14 bits per heavy atom. The molecule has 1 rings (SSSR count). The summed E-state index contributed by atoms with van der Waals surface area (Å²) < 4.78 is 7.36. The van der Waals surface area contributed by atoms with Gasteiger partial charge in [0.2, 0.25) is 0 Å². The molecule has 0 heterocycles. The van der Waals surface area contributed by atoms with Crippen molar-refractivity contribution in [2.24, 2.45) is 0 Å². The molecule has 0 unspecified atom stereocenters. The van der Waals surface area contributed by atoms with E-state index >= 15 is 0 Å². The van der Waals surface area contributed by atoms with Crippen molar-refractivity contribution in [1.82, 2.24) is 8.61 Å². The van der Waals surface area contributed by atoms with Gasteiger partial charge in [0.25, 0.3) is 6.02 Å². The third-order valence-electron chi connectivity index (χ3n) is 3.40. The van der Waals surface area contributed by atoms with Crippen LogP contribution in [0.25, 0.3) is 0 Å². The van der Waals surface area contributed by atoms with E-state index in [1.54, 1.807) is 10.8 Å². The molecule has 128 valence electrons. The van der Waals surface area contributed by atoms with Gasteiger partial charge >= 0.3 is 6.03 Å². The average Bonchev–Trinajstić information content (AvgIpc) is 2.54. The van der Waals surface area contributed by atoms with Crippen LogP contribution in [0.3, 0.4) is 0 Å². The molecule has 0 aromatic carbocycles. The molecule has 0 aromatic heterocycles. The molecule has 7 heteroatoms. The predicted molar refractivity (Wildman–Crippen MR) is 96.2 cm³/mol. The smallest absolute Gasteiger partial charge is 0.348 e. The monoisotopic (exact) mass is 347 g/mol. The Balaban J connectivity index is 2.51. The van der Waals surface area contributed by atoms with Gasteiger partial charge in [-0.3, -0.25) is 5.41 Å². The molecule has 0 spiro atoms. The van der Waals surface area contributed by atoms with Crippen molar-refractivity contribution in [1.29, 1.82) is 5.41 Å². The highest BCUT2D eigenvalue weighted by molar-refractivity contribution is 8.12. The van der Waals surface area contributed by atoms with Gasteiger partial charge in [-0.1, -0.05) is 20.3 Å². The van der Waals surface area contributed by atoms with Gasteiger partial charge in [0.15, 0.2) is 0 Å². The van der Waals surface area contributed by atoms with Gasteiger partial charge in [-0.05, 0) is 62.4 Å². The quantitative estimate of drug-likeness (QED) is 0.410. The summed E-state index contributed by atoms with van der Waals surface area (Å²) in [5, 5.41) is 8.05. The van der Waals surface area contributed by atoms with E-state index in [2.05, 4.69) is 13.8 Å². The van der Waals surface area contributed by atoms with Crippen LogP contribution in [0, 0.1) is 5.41 Å². The summed E-state index contributed by atoms with van der Waals surface area (Å²) in [7, 11) is 1.62. The fourth-order valence-corrected chi connectivity index (χ4v) is 4.03. The van der Waals surface area contributed by atoms with E-state index in [-0.39, 0.29) is 18.2 Å². The van der Waals surface area contributed by atoms with Crippen LogP contribution in [-0.2, 0) is 4.74 Å². The summed E-state index contributed by atoms with van der Waals surface area (Å²) in [6, 6.07) is -0.214. The number of nitrogens with one attached hydrogen (secondary N) is 1. The second-order valence-corrected chi connectivity index (χ2v) is 7.74. The van der Waals surface area contributed by atoms with Crippen molar-refractivity contribution in [3.63, 3.8) is 0 Å². The van der Waals surface area contributed by atoms with Gasteiger partial charge in [0.1, 0.15) is 6.10 Å². The maximum absolute atomic E-state index is 12.5. The standard InChI is InChI=1S/C15H29N3O2S2/c1-4-11-21-18(22-12-5-2)15(19)17(3)14(16)20-13-9-7-6-8-10-13/h13,16H,4-12H2,1-3H3. The van der Waals surface area contributed by atoms with E-state index in [4.69, 9.17) is 10.1 Å². The maximum atomic E-state index is 12.5. The minimum Gasteiger partial charge on any atom is -0.462 e. The van der Waals surface area contributed by atoms with Crippen molar-refractivity contribution < 1.29 is 9.53 Å². The molecule has 5 nitrogen and oxygen atoms in total. The van der Waals surface area contributed by atoms with Crippen LogP contribution in [0.1, 0.15) is 58.8 Å². The number of urea groups is 1. The van der Waals surface area contributed by atoms with Crippen molar-refractivity contribution in [3.05, 3.63) is 0 Å². The first-order valence-corrected chi connectivity index (χ1v) is 10.1. The highest BCUT2D eigenvalue weighted by Crippen LogP contribution is 2.26. The minimum atomic E-state index is -0.183. The maximum Gasteiger partial charge on any atom is 0.348 e. The Kier molecular flexibility index (Phi) is 9.79. The van der Waals surface area contributed by atoms with Crippen molar-refractivity contribution in [2.75, 3.05) is 18.6 Å². The van der Waals surface area contributed by atoms with Gasteiger partial charge in [0.05, 0.1) is 0 Å².